The lowest BCUT2D eigenvalue weighted by Gasteiger charge is -2.04. The molecule has 0 spiro atoms. The van der Waals surface area contributed by atoms with Crippen molar-refractivity contribution < 1.29 is 9.53 Å². The Balaban J connectivity index is 1.64. The Morgan fingerprint density at radius 2 is 2.00 bits per heavy atom. The second kappa shape index (κ2) is 7.14. The second-order valence-electron chi connectivity index (χ2n) is 5.02. The van der Waals surface area contributed by atoms with Crippen LogP contribution in [-0.2, 0) is 6.54 Å². The highest BCUT2D eigenvalue weighted by Gasteiger charge is 2.09. The average Bonchev–Trinajstić information content (AvgIpc) is 3.11. The number of rotatable bonds is 5. The molecule has 24 heavy (non-hydrogen) atoms. The lowest BCUT2D eigenvalue weighted by molar-refractivity contribution is 0.0950. The van der Waals surface area contributed by atoms with Gasteiger partial charge in [-0.15, -0.1) is 0 Å². The van der Waals surface area contributed by atoms with E-state index in [0.29, 0.717) is 22.9 Å². The maximum absolute atomic E-state index is 12.2. The molecule has 1 aromatic carbocycles. The van der Waals surface area contributed by atoms with Crippen molar-refractivity contribution in [2.75, 3.05) is 7.11 Å². The number of nitrogens with one attached hydrogen (secondary N) is 1. The molecule has 0 fully saturated rings. The van der Waals surface area contributed by atoms with Crippen LogP contribution in [-0.4, -0.2) is 27.8 Å². The Bertz CT molecular complexity index is 829. The minimum absolute atomic E-state index is 0.215. The van der Waals surface area contributed by atoms with Crippen molar-refractivity contribution in [1.29, 1.82) is 0 Å². The zero-order valence-corrected chi connectivity index (χ0v) is 13.7. The molecule has 3 aromatic rings. The molecule has 0 atom stereocenters. The number of halogens is 1. The van der Waals surface area contributed by atoms with Gasteiger partial charge in [-0.3, -0.25) is 9.78 Å². The molecule has 6 nitrogen and oxygen atoms in total. The van der Waals surface area contributed by atoms with E-state index in [0.717, 1.165) is 11.4 Å². The molecule has 0 unspecified atom stereocenters. The first kappa shape index (κ1) is 16.0. The van der Waals surface area contributed by atoms with Crippen molar-refractivity contribution in [2.45, 2.75) is 6.54 Å². The number of aromatic nitrogens is 3. The van der Waals surface area contributed by atoms with Crippen molar-refractivity contribution in [3.63, 3.8) is 0 Å². The third kappa shape index (κ3) is 3.72. The number of carbonyl (C=O) groups excluding carboxylic acids is 1. The maximum atomic E-state index is 12.2. The molecule has 122 valence electrons. The first-order valence-electron chi connectivity index (χ1n) is 7.23. The highest BCUT2D eigenvalue weighted by atomic mass is 35.5. The SMILES string of the molecule is COc1ccc(CNC(=O)c2cnn(-c3ccc(Cl)cc3)c2)nc1. The Morgan fingerprint density at radius 1 is 1.21 bits per heavy atom. The van der Waals surface area contributed by atoms with Crippen molar-refractivity contribution in [3.05, 3.63) is 71.3 Å². The number of amides is 1. The maximum Gasteiger partial charge on any atom is 0.254 e. The van der Waals surface area contributed by atoms with Gasteiger partial charge in [0.2, 0.25) is 0 Å². The molecule has 0 saturated carbocycles. The molecule has 0 radical (unpaired) electrons. The smallest absolute Gasteiger partial charge is 0.254 e. The van der Waals surface area contributed by atoms with Gasteiger partial charge in [0.15, 0.2) is 0 Å². The fourth-order valence-corrected chi connectivity index (χ4v) is 2.21. The van der Waals surface area contributed by atoms with Gasteiger partial charge in [0.1, 0.15) is 5.75 Å². The van der Waals surface area contributed by atoms with E-state index in [-0.39, 0.29) is 5.91 Å². The molecule has 0 aliphatic rings. The van der Waals surface area contributed by atoms with Gasteiger partial charge in [-0.1, -0.05) is 11.6 Å². The zero-order valence-electron chi connectivity index (χ0n) is 12.9. The van der Waals surface area contributed by atoms with Crippen LogP contribution in [0.25, 0.3) is 5.69 Å². The number of ether oxygens (including phenoxy) is 1. The lowest BCUT2D eigenvalue weighted by atomic mass is 10.3. The summed E-state index contributed by atoms with van der Waals surface area (Å²) in [4.78, 5) is 16.4. The summed E-state index contributed by atoms with van der Waals surface area (Å²) in [5, 5.41) is 7.65. The van der Waals surface area contributed by atoms with Crippen LogP contribution in [0.1, 0.15) is 16.1 Å². The summed E-state index contributed by atoms with van der Waals surface area (Å²) in [6.07, 6.45) is 4.80. The third-order valence-electron chi connectivity index (χ3n) is 3.40. The lowest BCUT2D eigenvalue weighted by Crippen LogP contribution is -2.22. The van der Waals surface area contributed by atoms with Crippen LogP contribution in [0.4, 0.5) is 0 Å². The minimum atomic E-state index is -0.215. The molecular formula is C17H15ClN4O2. The summed E-state index contributed by atoms with van der Waals surface area (Å²) in [6.45, 7) is 0.328. The number of benzene rings is 1. The zero-order chi connectivity index (χ0) is 16.9. The van der Waals surface area contributed by atoms with Crippen LogP contribution in [0.3, 0.4) is 0 Å². The van der Waals surface area contributed by atoms with Crippen molar-refractivity contribution in [1.82, 2.24) is 20.1 Å². The largest absolute Gasteiger partial charge is 0.495 e. The van der Waals surface area contributed by atoms with Gasteiger partial charge in [-0.25, -0.2) is 4.68 Å². The van der Waals surface area contributed by atoms with Crippen LogP contribution >= 0.6 is 11.6 Å². The molecule has 0 aliphatic heterocycles. The highest BCUT2D eigenvalue weighted by molar-refractivity contribution is 6.30. The van der Waals surface area contributed by atoms with E-state index in [1.54, 1.807) is 48.5 Å². The first-order valence-corrected chi connectivity index (χ1v) is 7.61. The van der Waals surface area contributed by atoms with E-state index >= 15 is 0 Å². The van der Waals surface area contributed by atoms with E-state index in [1.807, 2.05) is 12.1 Å². The molecule has 2 heterocycles. The second-order valence-corrected chi connectivity index (χ2v) is 5.46. The number of nitrogens with zero attached hydrogens (tertiary/aromatic N) is 3. The fraction of sp³-hybridized carbons (Fsp3) is 0.118. The topological polar surface area (TPSA) is 69.0 Å². The van der Waals surface area contributed by atoms with Gasteiger partial charge in [0.25, 0.3) is 5.91 Å². The summed E-state index contributed by atoms with van der Waals surface area (Å²) in [5.74, 6) is 0.460. The van der Waals surface area contributed by atoms with Crippen LogP contribution in [0.5, 0.6) is 5.75 Å². The Morgan fingerprint density at radius 3 is 2.67 bits per heavy atom. The molecule has 1 N–H and O–H groups in total. The van der Waals surface area contributed by atoms with Crippen molar-refractivity contribution >= 4 is 17.5 Å². The van der Waals surface area contributed by atoms with Crippen LogP contribution in [0, 0.1) is 0 Å². The molecule has 0 bridgehead atoms. The van der Waals surface area contributed by atoms with E-state index in [1.165, 1.54) is 6.20 Å². The van der Waals surface area contributed by atoms with Crippen molar-refractivity contribution in [2.24, 2.45) is 0 Å². The molecule has 0 saturated heterocycles. The van der Waals surface area contributed by atoms with Crippen LogP contribution in [0.2, 0.25) is 5.02 Å². The van der Waals surface area contributed by atoms with Gasteiger partial charge >= 0.3 is 0 Å². The highest BCUT2D eigenvalue weighted by Crippen LogP contribution is 2.13. The molecule has 1 amide bonds. The van der Waals surface area contributed by atoms with E-state index in [2.05, 4.69) is 15.4 Å². The van der Waals surface area contributed by atoms with Gasteiger partial charge in [0, 0.05) is 11.2 Å². The van der Waals surface area contributed by atoms with E-state index in [9.17, 15) is 4.79 Å². The number of methoxy groups -OCH3 is 1. The average molecular weight is 343 g/mol. The molecular weight excluding hydrogens is 328 g/mol. The van der Waals surface area contributed by atoms with E-state index < -0.39 is 0 Å². The summed E-state index contributed by atoms with van der Waals surface area (Å²) < 4.78 is 6.67. The summed E-state index contributed by atoms with van der Waals surface area (Å²) in [7, 11) is 1.58. The molecule has 7 heteroatoms. The first-order chi connectivity index (χ1) is 11.7. The van der Waals surface area contributed by atoms with Gasteiger partial charge in [-0.05, 0) is 36.4 Å². The third-order valence-corrected chi connectivity index (χ3v) is 3.65. The molecule has 2 aromatic heterocycles. The van der Waals surface area contributed by atoms with Gasteiger partial charge in [0.05, 0.1) is 43.0 Å². The van der Waals surface area contributed by atoms with Crippen molar-refractivity contribution in [3.8, 4) is 11.4 Å². The number of pyridine rings is 1. The molecule has 0 aliphatic carbocycles. The van der Waals surface area contributed by atoms with Crippen LogP contribution in [0.15, 0.2) is 55.0 Å². The monoisotopic (exact) mass is 342 g/mol. The predicted octanol–water partition coefficient (Wildman–Crippen LogP) is 2.86. The van der Waals surface area contributed by atoms with E-state index in [4.69, 9.17) is 16.3 Å². The fourth-order valence-electron chi connectivity index (χ4n) is 2.08. The number of carbonyl (C=O) groups is 1. The van der Waals surface area contributed by atoms with Crippen LogP contribution < -0.4 is 10.1 Å². The predicted molar refractivity (Wildman–Crippen MR) is 90.5 cm³/mol. The van der Waals surface area contributed by atoms with Gasteiger partial charge in [-0.2, -0.15) is 5.10 Å². The summed E-state index contributed by atoms with van der Waals surface area (Å²) in [6, 6.07) is 10.8. The molecule has 3 rings (SSSR count). The summed E-state index contributed by atoms with van der Waals surface area (Å²) in [5.41, 5.74) is 2.04. The van der Waals surface area contributed by atoms with Gasteiger partial charge < -0.3 is 10.1 Å². The number of hydrogen-bond donors (Lipinski definition) is 1. The Kier molecular flexibility index (Phi) is 4.77. The Labute approximate surface area is 144 Å². The quantitative estimate of drug-likeness (QED) is 0.774. The Hall–Kier alpha value is -2.86. The minimum Gasteiger partial charge on any atom is -0.495 e. The normalized spacial score (nSPS) is 10.4. The number of hydrogen-bond acceptors (Lipinski definition) is 4. The summed E-state index contributed by atoms with van der Waals surface area (Å²) >= 11 is 5.87. The standard InChI is InChI=1S/C17H15ClN4O2/c1-24-16-7-4-14(19-10-16)9-20-17(23)12-8-21-22(11-12)15-5-2-13(18)3-6-15/h2-8,10-11H,9H2,1H3,(H,20,23).